The first-order chi connectivity index (χ1) is 10.8. The number of H-pyrrole nitrogens is 1. The lowest BCUT2D eigenvalue weighted by Crippen LogP contribution is -2.35. The first-order valence-electron chi connectivity index (χ1n) is 8.22. The Morgan fingerprint density at radius 2 is 2.17 bits per heavy atom. The largest absolute Gasteiger partial charge is 0.317 e. The maximum Gasteiger partial charge on any atom is 0.0535 e. The van der Waals surface area contributed by atoms with Gasteiger partial charge in [-0.05, 0) is 67.1 Å². The van der Waals surface area contributed by atoms with Gasteiger partial charge in [-0.25, -0.2) is 0 Å². The molecule has 3 heterocycles. The van der Waals surface area contributed by atoms with Crippen molar-refractivity contribution in [3.05, 3.63) is 39.8 Å². The summed E-state index contributed by atoms with van der Waals surface area (Å²) >= 11 is 1.80. The van der Waals surface area contributed by atoms with Crippen LogP contribution in [0.3, 0.4) is 0 Å². The van der Waals surface area contributed by atoms with E-state index in [-0.39, 0.29) is 12.4 Å². The number of piperidine rings is 1. The van der Waals surface area contributed by atoms with E-state index < -0.39 is 0 Å². The summed E-state index contributed by atoms with van der Waals surface area (Å²) in [6.45, 7) is 6.57. The van der Waals surface area contributed by atoms with Crippen LogP contribution in [0.1, 0.15) is 36.1 Å². The molecule has 1 atom stereocenters. The number of hydrogen-bond acceptors (Lipinski definition) is 4. The van der Waals surface area contributed by atoms with E-state index in [0.717, 1.165) is 19.1 Å². The van der Waals surface area contributed by atoms with E-state index in [9.17, 15) is 0 Å². The van der Waals surface area contributed by atoms with E-state index in [1.807, 2.05) is 6.20 Å². The van der Waals surface area contributed by atoms with Gasteiger partial charge in [-0.1, -0.05) is 0 Å². The van der Waals surface area contributed by atoms with Crippen LogP contribution in [0.15, 0.2) is 23.0 Å². The number of thiophene rings is 1. The summed E-state index contributed by atoms with van der Waals surface area (Å²) in [5.41, 5.74) is 4.57. The van der Waals surface area contributed by atoms with Crippen molar-refractivity contribution in [2.45, 2.75) is 45.3 Å². The Hall–Kier alpha value is -0.880. The van der Waals surface area contributed by atoms with Gasteiger partial charge in [0.05, 0.1) is 6.20 Å². The molecule has 23 heavy (non-hydrogen) atoms. The van der Waals surface area contributed by atoms with E-state index in [2.05, 4.69) is 44.2 Å². The number of halogens is 1. The van der Waals surface area contributed by atoms with Crippen LogP contribution in [-0.4, -0.2) is 34.2 Å². The van der Waals surface area contributed by atoms with Crippen molar-refractivity contribution in [2.24, 2.45) is 5.41 Å². The number of hydrogen-bond donors (Lipinski definition) is 2. The standard InChI is InChI=1S/C17H24N4S.ClH/c1-13-15(9-19-20-13)11-21(10-14-2-7-22-12-14)16-8-17(16)3-5-18-6-4-17;/h2,7,9,12,16,18H,3-6,8,10-11H2,1H3,(H,19,20);1H. The molecule has 0 radical (unpaired) electrons. The van der Waals surface area contributed by atoms with Crippen LogP contribution < -0.4 is 5.32 Å². The molecule has 2 fully saturated rings. The first-order valence-corrected chi connectivity index (χ1v) is 9.16. The normalized spacial score (nSPS) is 22.3. The third-order valence-corrected chi connectivity index (χ3v) is 6.19. The predicted molar refractivity (Wildman–Crippen MR) is 97.1 cm³/mol. The van der Waals surface area contributed by atoms with Gasteiger partial charge >= 0.3 is 0 Å². The molecule has 6 heteroatoms. The smallest absolute Gasteiger partial charge is 0.0535 e. The molecule has 2 N–H and O–H groups in total. The molecule has 1 aliphatic heterocycles. The van der Waals surface area contributed by atoms with Gasteiger partial charge in [0.15, 0.2) is 0 Å². The highest BCUT2D eigenvalue weighted by molar-refractivity contribution is 7.07. The molecule has 1 aliphatic carbocycles. The van der Waals surface area contributed by atoms with E-state index in [0.29, 0.717) is 5.41 Å². The summed E-state index contributed by atoms with van der Waals surface area (Å²) in [7, 11) is 0. The predicted octanol–water partition coefficient (Wildman–Crippen LogP) is 3.35. The third kappa shape index (κ3) is 3.48. The molecule has 2 aliphatic rings. The summed E-state index contributed by atoms with van der Waals surface area (Å²) < 4.78 is 0. The summed E-state index contributed by atoms with van der Waals surface area (Å²) in [5, 5.41) is 15.3. The molecule has 2 aromatic heterocycles. The zero-order valence-electron chi connectivity index (χ0n) is 13.5. The number of nitrogens with zero attached hydrogens (tertiary/aromatic N) is 2. The molecular formula is C17H25ClN4S. The molecular weight excluding hydrogens is 328 g/mol. The second kappa shape index (κ2) is 6.93. The third-order valence-electron chi connectivity index (χ3n) is 5.46. The number of aromatic amines is 1. The second-order valence-electron chi connectivity index (χ2n) is 6.89. The Labute approximate surface area is 148 Å². The lowest BCUT2D eigenvalue weighted by atomic mass is 9.93. The van der Waals surface area contributed by atoms with Gasteiger partial charge in [-0.3, -0.25) is 10.00 Å². The van der Waals surface area contributed by atoms with Gasteiger partial charge < -0.3 is 5.32 Å². The number of aromatic nitrogens is 2. The maximum atomic E-state index is 4.20. The minimum atomic E-state index is 0. The van der Waals surface area contributed by atoms with Crippen LogP contribution in [-0.2, 0) is 13.1 Å². The number of rotatable bonds is 5. The van der Waals surface area contributed by atoms with Crippen LogP contribution in [0.2, 0.25) is 0 Å². The van der Waals surface area contributed by atoms with Gasteiger partial charge in [-0.15, -0.1) is 12.4 Å². The minimum absolute atomic E-state index is 0. The Balaban J connectivity index is 0.00000156. The van der Waals surface area contributed by atoms with Gasteiger partial charge in [0, 0.05) is 30.4 Å². The molecule has 2 aromatic rings. The lowest BCUT2D eigenvalue weighted by Gasteiger charge is -2.29. The molecule has 4 nitrogen and oxygen atoms in total. The molecule has 1 saturated heterocycles. The lowest BCUT2D eigenvalue weighted by molar-refractivity contribution is 0.188. The monoisotopic (exact) mass is 352 g/mol. The molecule has 0 amide bonds. The van der Waals surface area contributed by atoms with Gasteiger partial charge in [0.25, 0.3) is 0 Å². The molecule has 4 rings (SSSR count). The molecule has 1 spiro atoms. The van der Waals surface area contributed by atoms with Crippen LogP contribution >= 0.6 is 23.7 Å². The summed E-state index contributed by atoms with van der Waals surface area (Å²) in [5.74, 6) is 0. The highest BCUT2D eigenvalue weighted by atomic mass is 35.5. The fourth-order valence-electron chi connectivity index (χ4n) is 3.95. The van der Waals surface area contributed by atoms with Crippen molar-refractivity contribution in [1.82, 2.24) is 20.4 Å². The average molecular weight is 353 g/mol. The van der Waals surface area contributed by atoms with Crippen molar-refractivity contribution in [3.8, 4) is 0 Å². The van der Waals surface area contributed by atoms with E-state index in [1.165, 1.54) is 49.2 Å². The molecule has 0 bridgehead atoms. The van der Waals surface area contributed by atoms with Crippen LogP contribution in [0.25, 0.3) is 0 Å². The summed E-state index contributed by atoms with van der Waals surface area (Å²) in [6, 6.07) is 3.00. The zero-order chi connectivity index (χ0) is 15.0. The molecule has 1 saturated carbocycles. The Bertz CT molecular complexity index is 618. The van der Waals surface area contributed by atoms with Crippen molar-refractivity contribution < 1.29 is 0 Å². The highest BCUT2D eigenvalue weighted by Gasteiger charge is 2.56. The Kier molecular flexibility index (Phi) is 5.11. The van der Waals surface area contributed by atoms with Crippen molar-refractivity contribution in [1.29, 1.82) is 0 Å². The van der Waals surface area contributed by atoms with Crippen LogP contribution in [0, 0.1) is 12.3 Å². The van der Waals surface area contributed by atoms with E-state index in [1.54, 1.807) is 11.3 Å². The van der Waals surface area contributed by atoms with Gasteiger partial charge in [-0.2, -0.15) is 16.4 Å². The highest BCUT2D eigenvalue weighted by Crippen LogP contribution is 2.56. The minimum Gasteiger partial charge on any atom is -0.317 e. The SMILES string of the molecule is Cc1[nH]ncc1CN(Cc1ccsc1)C1CC12CCNCC2.Cl. The molecule has 0 aromatic carbocycles. The fraction of sp³-hybridized carbons (Fsp3) is 0.588. The number of nitrogens with one attached hydrogen (secondary N) is 2. The van der Waals surface area contributed by atoms with E-state index >= 15 is 0 Å². The summed E-state index contributed by atoms with van der Waals surface area (Å²) in [6.07, 6.45) is 6.04. The Morgan fingerprint density at radius 1 is 1.35 bits per heavy atom. The molecule has 1 unspecified atom stereocenters. The quantitative estimate of drug-likeness (QED) is 0.867. The average Bonchev–Trinajstić information content (AvgIpc) is 2.90. The van der Waals surface area contributed by atoms with Crippen LogP contribution in [0.5, 0.6) is 0 Å². The Morgan fingerprint density at radius 3 is 2.83 bits per heavy atom. The maximum absolute atomic E-state index is 4.20. The summed E-state index contributed by atoms with van der Waals surface area (Å²) in [4.78, 5) is 2.69. The number of aryl methyl sites for hydroxylation is 1. The van der Waals surface area contributed by atoms with Crippen LogP contribution in [0.4, 0.5) is 0 Å². The topological polar surface area (TPSA) is 44.0 Å². The van der Waals surface area contributed by atoms with Gasteiger partial charge in [0.2, 0.25) is 0 Å². The second-order valence-corrected chi connectivity index (χ2v) is 7.67. The zero-order valence-corrected chi connectivity index (χ0v) is 15.2. The van der Waals surface area contributed by atoms with Crippen molar-refractivity contribution >= 4 is 23.7 Å². The fourth-order valence-corrected chi connectivity index (χ4v) is 4.61. The van der Waals surface area contributed by atoms with Crippen molar-refractivity contribution in [3.63, 3.8) is 0 Å². The first kappa shape index (κ1) is 17.0. The van der Waals surface area contributed by atoms with Gasteiger partial charge in [0.1, 0.15) is 0 Å². The molecule has 126 valence electrons. The van der Waals surface area contributed by atoms with Crippen molar-refractivity contribution in [2.75, 3.05) is 13.1 Å². The van der Waals surface area contributed by atoms with E-state index in [4.69, 9.17) is 0 Å².